The molecule has 1 aromatic carbocycles. The molecular weight excluding hydrogens is 583 g/mol. The van der Waals surface area contributed by atoms with Crippen LogP contribution in [0.3, 0.4) is 0 Å². The normalized spacial score (nSPS) is 15.3. The smallest absolute Gasteiger partial charge is 0.463 e. The van der Waals surface area contributed by atoms with Crippen LogP contribution in [0.1, 0.15) is 65.9 Å². The lowest BCUT2D eigenvalue weighted by molar-refractivity contribution is -0.167. The summed E-state index contributed by atoms with van der Waals surface area (Å²) < 4.78 is 37.5. The average molecular weight is 633 g/mol. The number of phosphoric ester groups is 1. The van der Waals surface area contributed by atoms with E-state index in [-0.39, 0.29) is 32.5 Å². The van der Waals surface area contributed by atoms with Crippen LogP contribution in [0.15, 0.2) is 30.3 Å². The third-order valence-corrected chi connectivity index (χ3v) is 8.63. The maximum atomic E-state index is 13.4. The van der Waals surface area contributed by atoms with E-state index in [1.807, 2.05) is 56.9 Å². The quantitative estimate of drug-likeness (QED) is 0.0662. The van der Waals surface area contributed by atoms with Crippen LogP contribution in [0.2, 0.25) is 19.6 Å². The van der Waals surface area contributed by atoms with Gasteiger partial charge in [0.1, 0.15) is 19.8 Å². The Morgan fingerprint density at radius 3 is 1.88 bits per heavy atom. The van der Waals surface area contributed by atoms with Crippen LogP contribution >= 0.6 is 7.82 Å². The second-order valence-corrected chi connectivity index (χ2v) is 18.4. The van der Waals surface area contributed by atoms with Gasteiger partial charge in [0.05, 0.1) is 29.5 Å². The summed E-state index contributed by atoms with van der Waals surface area (Å²) in [7, 11) is -6.48. The summed E-state index contributed by atoms with van der Waals surface area (Å²) in [6.45, 7) is 14.4. The highest BCUT2D eigenvalue weighted by molar-refractivity contribution is 7.46. The largest absolute Gasteiger partial charge is 0.469 e. The molecule has 1 aromatic rings. The molecule has 0 heterocycles. The van der Waals surface area contributed by atoms with Crippen molar-refractivity contribution in [3.63, 3.8) is 0 Å². The predicted molar refractivity (Wildman–Crippen MR) is 160 cm³/mol. The van der Waals surface area contributed by atoms with E-state index in [9.17, 15) is 18.9 Å². The van der Waals surface area contributed by atoms with E-state index in [1.54, 1.807) is 27.7 Å². The Bertz CT molecular complexity index is 1070. The van der Waals surface area contributed by atoms with Gasteiger partial charge in [0.15, 0.2) is 8.32 Å². The topological polar surface area (TPSA) is 155 Å². The van der Waals surface area contributed by atoms with Gasteiger partial charge in [0, 0.05) is 0 Å². The molecule has 0 aromatic heterocycles. The number of hydrogen-bond donors (Lipinski definition) is 2. The Labute approximate surface area is 251 Å². The number of phosphoric acid groups is 1. The maximum absolute atomic E-state index is 13.4. The first kappa shape index (κ1) is 37.9. The number of benzene rings is 1. The van der Waals surface area contributed by atoms with Crippen LogP contribution < -0.4 is 0 Å². The lowest BCUT2D eigenvalue weighted by atomic mass is 9.67. The second-order valence-electron chi connectivity index (χ2n) is 12.7. The summed E-state index contributed by atoms with van der Waals surface area (Å²) in [5.41, 5.74) is -2.45. The molecule has 0 amide bonds. The van der Waals surface area contributed by atoms with Crippen LogP contribution in [0.5, 0.6) is 0 Å². The van der Waals surface area contributed by atoms with E-state index in [1.165, 1.54) is 0 Å². The first-order valence-electron chi connectivity index (χ1n) is 14.1. The zero-order chi connectivity index (χ0) is 32.2. The molecule has 0 aliphatic rings. The fourth-order valence-electron chi connectivity index (χ4n) is 4.20. The monoisotopic (exact) mass is 632 g/mol. The summed E-state index contributed by atoms with van der Waals surface area (Å²) in [5, 5.41) is 0. The number of ether oxygens (including phenoxy) is 3. The molecule has 0 saturated carbocycles. The van der Waals surface area contributed by atoms with Crippen molar-refractivity contribution in [3.05, 3.63) is 35.9 Å². The highest BCUT2D eigenvalue weighted by atomic mass is 31.2. The van der Waals surface area contributed by atoms with Crippen molar-refractivity contribution in [2.75, 3.05) is 26.4 Å². The van der Waals surface area contributed by atoms with Gasteiger partial charge in [0.25, 0.3) is 0 Å². The number of esters is 3. The Hall–Kier alpha value is -2.08. The first-order chi connectivity index (χ1) is 19.2. The molecule has 13 heteroatoms. The Balaban J connectivity index is 3.04. The van der Waals surface area contributed by atoms with Gasteiger partial charge in [-0.15, -0.1) is 0 Å². The maximum Gasteiger partial charge on any atom is 0.469 e. The van der Waals surface area contributed by atoms with E-state index in [0.29, 0.717) is 13.0 Å². The van der Waals surface area contributed by atoms with Crippen molar-refractivity contribution >= 4 is 34.0 Å². The SMILES string of the molecule is CCC(C)(CC(C)(CCC(C)(C)C(=O)OCCO[Si](C)(C)C)C(=O)OCCOP(=O)(O)O)C(=O)OCc1ccccc1. The average Bonchev–Trinajstić information content (AvgIpc) is 2.90. The molecule has 2 unspecified atom stereocenters. The van der Waals surface area contributed by atoms with Crippen LogP contribution in [-0.2, 0) is 48.7 Å². The Kier molecular flexibility index (Phi) is 14.6. The van der Waals surface area contributed by atoms with Gasteiger partial charge < -0.3 is 28.4 Å². The molecule has 0 bridgehead atoms. The third-order valence-electron chi connectivity index (χ3n) is 7.04. The first-order valence-corrected chi connectivity index (χ1v) is 19.1. The van der Waals surface area contributed by atoms with Crippen molar-refractivity contribution in [2.24, 2.45) is 16.2 Å². The molecule has 240 valence electrons. The van der Waals surface area contributed by atoms with Gasteiger partial charge in [-0.25, -0.2) is 4.57 Å². The van der Waals surface area contributed by atoms with E-state index in [4.69, 9.17) is 28.4 Å². The lowest BCUT2D eigenvalue weighted by Gasteiger charge is -2.37. The molecule has 11 nitrogen and oxygen atoms in total. The van der Waals surface area contributed by atoms with Gasteiger partial charge in [0.2, 0.25) is 0 Å². The fraction of sp³-hybridized carbons (Fsp3) is 0.690. The molecule has 0 fully saturated rings. The zero-order valence-corrected chi connectivity index (χ0v) is 28.2. The summed E-state index contributed by atoms with van der Waals surface area (Å²) in [5.74, 6) is -1.59. The Morgan fingerprint density at radius 2 is 1.33 bits per heavy atom. The molecule has 2 atom stereocenters. The van der Waals surface area contributed by atoms with E-state index < -0.39 is 63.5 Å². The van der Waals surface area contributed by atoms with Crippen molar-refractivity contribution in [1.29, 1.82) is 0 Å². The minimum atomic E-state index is -4.73. The van der Waals surface area contributed by atoms with Crippen LogP contribution in [0.4, 0.5) is 0 Å². The second kappa shape index (κ2) is 16.1. The van der Waals surface area contributed by atoms with Gasteiger partial charge >= 0.3 is 25.7 Å². The molecule has 0 aliphatic carbocycles. The summed E-state index contributed by atoms with van der Waals surface area (Å²) in [6.07, 6.45) is 0.829. The highest BCUT2D eigenvalue weighted by Crippen LogP contribution is 2.44. The van der Waals surface area contributed by atoms with Crippen molar-refractivity contribution < 1.29 is 51.9 Å². The number of hydrogen-bond acceptors (Lipinski definition) is 9. The van der Waals surface area contributed by atoms with Crippen LogP contribution in [0, 0.1) is 16.2 Å². The summed E-state index contributed by atoms with van der Waals surface area (Å²) in [4.78, 5) is 57.5. The van der Waals surface area contributed by atoms with Crippen LogP contribution in [-0.4, -0.2) is 62.4 Å². The zero-order valence-electron chi connectivity index (χ0n) is 26.3. The lowest BCUT2D eigenvalue weighted by Crippen LogP contribution is -2.41. The van der Waals surface area contributed by atoms with Gasteiger partial charge in [-0.1, -0.05) is 37.3 Å². The number of carbonyl (C=O) groups excluding carboxylic acids is 3. The molecule has 0 aliphatic heterocycles. The number of carbonyl (C=O) groups is 3. The van der Waals surface area contributed by atoms with Crippen molar-refractivity contribution in [2.45, 2.75) is 86.5 Å². The van der Waals surface area contributed by atoms with Crippen molar-refractivity contribution in [3.8, 4) is 0 Å². The van der Waals surface area contributed by atoms with E-state index >= 15 is 0 Å². The van der Waals surface area contributed by atoms with Crippen LogP contribution in [0.25, 0.3) is 0 Å². The van der Waals surface area contributed by atoms with Gasteiger partial charge in [-0.2, -0.15) is 0 Å². The third kappa shape index (κ3) is 13.9. The standard InChI is InChI=1S/C29H49O11PSi/c1-9-28(4,25(31)38-21-23-13-11-10-12-14-23)22-29(5,26(32)37-17-19-39-41(33,34)35)16-15-27(2,3)24(30)36-18-20-40-42(6,7)8/h10-14H,9,15-22H2,1-8H3,(H2,33,34,35). The Morgan fingerprint density at radius 1 is 0.786 bits per heavy atom. The minimum Gasteiger partial charge on any atom is -0.463 e. The molecule has 0 radical (unpaired) electrons. The van der Waals surface area contributed by atoms with E-state index in [2.05, 4.69) is 4.52 Å². The minimum absolute atomic E-state index is 0.0531. The summed E-state index contributed by atoms with van der Waals surface area (Å²) >= 11 is 0. The van der Waals surface area contributed by atoms with Crippen molar-refractivity contribution in [1.82, 2.24) is 0 Å². The molecule has 0 saturated heterocycles. The molecule has 1 rings (SSSR count). The fourth-order valence-corrected chi connectivity index (χ4v) is 5.20. The molecule has 0 spiro atoms. The highest BCUT2D eigenvalue weighted by Gasteiger charge is 2.47. The van der Waals surface area contributed by atoms with Gasteiger partial charge in [-0.3, -0.25) is 18.9 Å². The molecule has 42 heavy (non-hydrogen) atoms. The van der Waals surface area contributed by atoms with Gasteiger partial charge in [-0.05, 0) is 78.6 Å². The number of rotatable bonds is 19. The summed E-state index contributed by atoms with van der Waals surface area (Å²) in [6, 6.07) is 9.24. The molecule has 2 N–H and O–H groups in total. The van der Waals surface area contributed by atoms with E-state index in [0.717, 1.165) is 5.56 Å². The predicted octanol–water partition coefficient (Wildman–Crippen LogP) is 5.40. The molecular formula is C29H49O11PSi.